The van der Waals surface area contributed by atoms with Gasteiger partial charge >= 0.3 is 0 Å². The minimum atomic E-state index is -0.286. The fraction of sp³-hybridized carbons (Fsp3) is 0.500. The van der Waals surface area contributed by atoms with E-state index in [0.29, 0.717) is 22.9 Å². The van der Waals surface area contributed by atoms with Crippen LogP contribution in [0.5, 0.6) is 0 Å². The summed E-state index contributed by atoms with van der Waals surface area (Å²) in [6.07, 6.45) is 4.26. The van der Waals surface area contributed by atoms with Gasteiger partial charge in [-0.05, 0) is 52.0 Å². The van der Waals surface area contributed by atoms with E-state index in [1.165, 1.54) is 35.9 Å². The number of aromatic amines is 1. The molecule has 1 atom stereocenters. The van der Waals surface area contributed by atoms with Gasteiger partial charge < -0.3 is 10.3 Å². The molecule has 2 N–H and O–H groups in total. The number of hydrogen-bond acceptors (Lipinski definition) is 6. The third-order valence-corrected chi connectivity index (χ3v) is 7.57. The van der Waals surface area contributed by atoms with Crippen molar-refractivity contribution in [3.8, 4) is 0 Å². The second-order valence-corrected chi connectivity index (χ2v) is 10.3. The second kappa shape index (κ2) is 7.95. The van der Waals surface area contributed by atoms with Crippen molar-refractivity contribution in [2.24, 2.45) is 5.92 Å². The fourth-order valence-corrected chi connectivity index (χ4v) is 4.99. The van der Waals surface area contributed by atoms with Gasteiger partial charge in [0.2, 0.25) is 5.91 Å². The molecule has 9 heteroatoms. The highest BCUT2D eigenvalue weighted by molar-refractivity contribution is 7.99. The van der Waals surface area contributed by atoms with Gasteiger partial charge in [0.15, 0.2) is 0 Å². The molecule has 1 saturated carbocycles. The number of amides is 1. The maximum absolute atomic E-state index is 12.7. The van der Waals surface area contributed by atoms with Crippen LogP contribution in [0.4, 0.5) is 5.82 Å². The van der Waals surface area contributed by atoms with Gasteiger partial charge in [-0.15, -0.1) is 23.1 Å². The number of fused-ring (bicyclic) bond motifs is 1. The zero-order chi connectivity index (χ0) is 20.7. The van der Waals surface area contributed by atoms with Crippen LogP contribution in [0.2, 0.25) is 0 Å². The predicted octanol–water partition coefficient (Wildman–Crippen LogP) is 3.78. The maximum atomic E-state index is 12.7. The summed E-state index contributed by atoms with van der Waals surface area (Å²) in [5.74, 6) is 2.46. The number of anilines is 1. The smallest absolute Gasteiger partial charge is 0.259 e. The van der Waals surface area contributed by atoms with Crippen molar-refractivity contribution < 1.29 is 4.79 Å². The SMILES string of the molecule is Cc1cnn(CC2CC2)c1NC(=O)C(C)SCc1nc2sc(C)c(C)c2c(=O)[nH]1. The van der Waals surface area contributed by atoms with E-state index in [1.807, 2.05) is 32.4 Å². The number of thioether (sulfide) groups is 1. The molecule has 0 aliphatic heterocycles. The number of carbonyl (C=O) groups is 1. The summed E-state index contributed by atoms with van der Waals surface area (Å²) in [4.78, 5) is 34.4. The van der Waals surface area contributed by atoms with Gasteiger partial charge in [-0.1, -0.05) is 0 Å². The number of rotatable bonds is 7. The van der Waals surface area contributed by atoms with Crippen molar-refractivity contribution >= 4 is 45.0 Å². The van der Waals surface area contributed by atoms with Crippen molar-refractivity contribution in [2.75, 3.05) is 5.32 Å². The summed E-state index contributed by atoms with van der Waals surface area (Å²) >= 11 is 2.99. The first-order valence-corrected chi connectivity index (χ1v) is 11.6. The number of thiophene rings is 1. The van der Waals surface area contributed by atoms with Crippen LogP contribution in [0, 0.1) is 26.7 Å². The van der Waals surface area contributed by atoms with E-state index in [0.717, 1.165) is 33.2 Å². The number of aryl methyl sites for hydroxylation is 3. The lowest BCUT2D eigenvalue weighted by Gasteiger charge is -2.14. The molecule has 0 bridgehead atoms. The molecule has 3 aromatic heterocycles. The highest BCUT2D eigenvalue weighted by atomic mass is 32.2. The predicted molar refractivity (Wildman–Crippen MR) is 119 cm³/mol. The number of carbonyl (C=O) groups excluding carboxylic acids is 1. The molecule has 7 nitrogen and oxygen atoms in total. The van der Waals surface area contributed by atoms with E-state index in [-0.39, 0.29) is 16.7 Å². The molecule has 1 amide bonds. The van der Waals surface area contributed by atoms with Crippen LogP contribution in [-0.2, 0) is 17.1 Å². The van der Waals surface area contributed by atoms with Crippen LogP contribution in [0.3, 0.4) is 0 Å². The zero-order valence-electron chi connectivity index (χ0n) is 17.0. The topological polar surface area (TPSA) is 92.7 Å². The Morgan fingerprint density at radius 1 is 1.41 bits per heavy atom. The third-order valence-electron chi connectivity index (χ3n) is 5.32. The Hall–Kier alpha value is -2.13. The Morgan fingerprint density at radius 2 is 2.17 bits per heavy atom. The molecule has 4 rings (SSSR count). The molecule has 1 aliphatic rings. The molecule has 0 spiro atoms. The summed E-state index contributed by atoms with van der Waals surface area (Å²) < 4.78 is 1.90. The lowest BCUT2D eigenvalue weighted by Crippen LogP contribution is -2.25. The van der Waals surface area contributed by atoms with Gasteiger partial charge in [0.05, 0.1) is 22.6 Å². The molecule has 154 valence electrons. The first kappa shape index (κ1) is 20.2. The summed E-state index contributed by atoms with van der Waals surface area (Å²) in [6, 6.07) is 0. The van der Waals surface area contributed by atoms with E-state index in [9.17, 15) is 9.59 Å². The summed E-state index contributed by atoms with van der Waals surface area (Å²) in [5.41, 5.74) is 1.85. The molecular formula is C20H25N5O2S2. The van der Waals surface area contributed by atoms with E-state index in [1.54, 1.807) is 6.20 Å². The van der Waals surface area contributed by atoms with Gasteiger partial charge in [0, 0.05) is 17.0 Å². The standard InChI is InChI=1S/C20H25N5O2S2/c1-10-7-21-25(8-14-5-6-14)17(10)24-18(26)13(4)28-9-15-22-19(27)16-11(2)12(3)29-20(16)23-15/h7,13-14H,5-6,8-9H2,1-4H3,(H,24,26)(H,22,23,27). The van der Waals surface area contributed by atoms with Crippen molar-refractivity contribution in [1.82, 2.24) is 19.7 Å². The second-order valence-electron chi connectivity index (χ2n) is 7.72. The van der Waals surface area contributed by atoms with Crippen molar-refractivity contribution in [2.45, 2.75) is 58.1 Å². The van der Waals surface area contributed by atoms with Crippen LogP contribution in [0.15, 0.2) is 11.0 Å². The highest BCUT2D eigenvalue weighted by Crippen LogP contribution is 2.32. The first-order valence-electron chi connectivity index (χ1n) is 9.77. The monoisotopic (exact) mass is 431 g/mol. The molecule has 1 aliphatic carbocycles. The van der Waals surface area contributed by atoms with E-state index >= 15 is 0 Å². The van der Waals surface area contributed by atoms with Gasteiger partial charge in [0.1, 0.15) is 16.5 Å². The zero-order valence-corrected chi connectivity index (χ0v) is 18.7. The molecule has 1 unspecified atom stereocenters. The molecule has 0 radical (unpaired) electrons. The van der Waals surface area contributed by atoms with Gasteiger partial charge in [-0.3, -0.25) is 9.59 Å². The molecule has 0 aromatic carbocycles. The molecule has 29 heavy (non-hydrogen) atoms. The third kappa shape index (κ3) is 4.25. The summed E-state index contributed by atoms with van der Waals surface area (Å²) in [7, 11) is 0. The van der Waals surface area contributed by atoms with Crippen LogP contribution in [0.1, 0.15) is 41.6 Å². The molecule has 0 saturated heterocycles. The van der Waals surface area contributed by atoms with Crippen LogP contribution < -0.4 is 10.9 Å². The summed E-state index contributed by atoms with van der Waals surface area (Å²) in [6.45, 7) is 8.63. The molecule has 1 fully saturated rings. The number of aromatic nitrogens is 4. The molecule has 3 heterocycles. The largest absolute Gasteiger partial charge is 0.310 e. The quantitative estimate of drug-likeness (QED) is 0.594. The Morgan fingerprint density at radius 3 is 2.90 bits per heavy atom. The number of H-pyrrole nitrogens is 1. The van der Waals surface area contributed by atoms with Crippen LogP contribution in [0.25, 0.3) is 10.2 Å². The first-order chi connectivity index (χ1) is 13.8. The lowest BCUT2D eigenvalue weighted by atomic mass is 10.2. The normalized spacial score (nSPS) is 15.0. The number of hydrogen-bond donors (Lipinski definition) is 2. The Bertz CT molecular complexity index is 1130. The van der Waals surface area contributed by atoms with Gasteiger partial charge in [-0.2, -0.15) is 5.10 Å². The molecule has 3 aromatic rings. The average Bonchev–Trinajstić information content (AvgIpc) is 3.37. The van der Waals surface area contributed by atoms with Crippen molar-refractivity contribution in [1.29, 1.82) is 0 Å². The fourth-order valence-electron chi connectivity index (χ4n) is 3.19. The van der Waals surface area contributed by atoms with E-state index < -0.39 is 0 Å². The summed E-state index contributed by atoms with van der Waals surface area (Å²) in [5, 5.41) is 7.81. The van der Waals surface area contributed by atoms with Crippen LogP contribution in [-0.4, -0.2) is 30.9 Å². The van der Waals surface area contributed by atoms with E-state index in [2.05, 4.69) is 20.4 Å². The highest BCUT2D eigenvalue weighted by Gasteiger charge is 2.25. The van der Waals surface area contributed by atoms with Gasteiger partial charge in [0.25, 0.3) is 5.56 Å². The average molecular weight is 432 g/mol. The Balaban J connectivity index is 1.41. The van der Waals surface area contributed by atoms with E-state index in [4.69, 9.17) is 0 Å². The Labute approximate surface area is 177 Å². The van der Waals surface area contributed by atoms with Crippen LogP contribution >= 0.6 is 23.1 Å². The molecular weight excluding hydrogens is 406 g/mol. The van der Waals surface area contributed by atoms with Crippen molar-refractivity contribution in [3.05, 3.63) is 38.4 Å². The Kier molecular flexibility index (Phi) is 5.52. The number of nitrogens with one attached hydrogen (secondary N) is 2. The minimum absolute atomic E-state index is 0.0677. The van der Waals surface area contributed by atoms with Gasteiger partial charge in [-0.25, -0.2) is 9.67 Å². The van der Waals surface area contributed by atoms with Crippen molar-refractivity contribution in [3.63, 3.8) is 0 Å². The number of nitrogens with zero attached hydrogens (tertiary/aromatic N) is 3. The maximum Gasteiger partial charge on any atom is 0.259 e. The minimum Gasteiger partial charge on any atom is -0.310 e. The lowest BCUT2D eigenvalue weighted by molar-refractivity contribution is -0.115.